The van der Waals surface area contributed by atoms with Crippen LogP contribution in [-0.4, -0.2) is 30.3 Å². The van der Waals surface area contributed by atoms with Crippen molar-refractivity contribution in [1.82, 2.24) is 5.32 Å². The lowest BCUT2D eigenvalue weighted by Gasteiger charge is -2.58. The second kappa shape index (κ2) is 12.7. The van der Waals surface area contributed by atoms with Gasteiger partial charge in [-0.15, -0.1) is 0 Å². The van der Waals surface area contributed by atoms with Gasteiger partial charge in [-0.1, -0.05) is 76.1 Å². The molecule has 4 aliphatic carbocycles. The van der Waals surface area contributed by atoms with Crippen LogP contribution in [0, 0.1) is 46.3 Å². The first-order chi connectivity index (χ1) is 20.0. The highest BCUT2D eigenvalue weighted by atomic mass is 16.5. The smallest absolute Gasteiger partial charge is 0.302 e. The average Bonchev–Trinajstić information content (AvgIpc) is 3.22. The molecule has 1 aromatic rings. The summed E-state index contributed by atoms with van der Waals surface area (Å²) in [6.45, 7) is 11.7. The van der Waals surface area contributed by atoms with Gasteiger partial charge in [0.05, 0.1) is 6.42 Å². The third-order valence-corrected chi connectivity index (χ3v) is 12.1. The van der Waals surface area contributed by atoms with Crippen LogP contribution in [0.4, 0.5) is 0 Å². The summed E-state index contributed by atoms with van der Waals surface area (Å²) in [4.78, 5) is 37.6. The van der Waals surface area contributed by atoms with E-state index in [0.29, 0.717) is 48.3 Å². The molecule has 5 heteroatoms. The van der Waals surface area contributed by atoms with Crippen molar-refractivity contribution in [1.29, 1.82) is 0 Å². The summed E-state index contributed by atoms with van der Waals surface area (Å²) in [7, 11) is 0. The number of carbonyl (C=O) groups is 3. The molecule has 0 heterocycles. The molecule has 0 radical (unpaired) electrons. The van der Waals surface area contributed by atoms with E-state index in [0.717, 1.165) is 63.4 Å². The monoisotopic (exact) mass is 575 g/mol. The molecule has 1 aromatic carbocycles. The Morgan fingerprint density at radius 2 is 1.79 bits per heavy atom. The maximum Gasteiger partial charge on any atom is 0.302 e. The summed E-state index contributed by atoms with van der Waals surface area (Å²) in [6.07, 6.45) is 13.3. The molecule has 0 saturated heterocycles. The average molecular weight is 576 g/mol. The Kier molecular flexibility index (Phi) is 9.35. The SMILES string of the molecule is CC(=O)OC1CCC2(C)C(=CCC3C2CCC2(C)C3CC(=O)C2C(C)CCCC(C)CNC(=O)Cc2ccccc2)C1. The van der Waals surface area contributed by atoms with E-state index in [4.69, 9.17) is 4.74 Å². The number of rotatable bonds is 10. The Bertz CT molecular complexity index is 1180. The number of carbonyl (C=O) groups excluding carboxylic acids is 3. The van der Waals surface area contributed by atoms with Crippen LogP contribution in [0.5, 0.6) is 0 Å². The molecule has 3 saturated carbocycles. The summed E-state index contributed by atoms with van der Waals surface area (Å²) in [5, 5.41) is 3.11. The van der Waals surface area contributed by atoms with Crippen molar-refractivity contribution in [2.45, 2.75) is 111 Å². The minimum absolute atomic E-state index is 0.0267. The molecule has 0 aliphatic heterocycles. The lowest BCUT2D eigenvalue weighted by molar-refractivity contribution is -0.148. The predicted octanol–water partition coefficient (Wildman–Crippen LogP) is 7.48. The fourth-order valence-corrected chi connectivity index (χ4v) is 9.95. The van der Waals surface area contributed by atoms with Gasteiger partial charge in [0.25, 0.3) is 0 Å². The van der Waals surface area contributed by atoms with Crippen LogP contribution in [0.15, 0.2) is 42.0 Å². The lowest BCUT2D eigenvalue weighted by atomic mass is 9.47. The number of hydrogen-bond acceptors (Lipinski definition) is 4. The molecule has 1 amide bonds. The fraction of sp³-hybridized carbons (Fsp3) is 0.703. The van der Waals surface area contributed by atoms with E-state index >= 15 is 0 Å². The zero-order chi connectivity index (χ0) is 30.1. The van der Waals surface area contributed by atoms with Gasteiger partial charge < -0.3 is 10.1 Å². The van der Waals surface area contributed by atoms with Crippen molar-refractivity contribution < 1.29 is 19.1 Å². The van der Waals surface area contributed by atoms with Gasteiger partial charge in [0.1, 0.15) is 11.9 Å². The molecule has 4 aliphatic rings. The Labute approximate surface area is 253 Å². The van der Waals surface area contributed by atoms with Crippen molar-refractivity contribution in [2.75, 3.05) is 6.54 Å². The minimum atomic E-state index is -0.170. The quantitative estimate of drug-likeness (QED) is 0.232. The zero-order valence-electron chi connectivity index (χ0n) is 26.6. The number of amides is 1. The van der Waals surface area contributed by atoms with Crippen molar-refractivity contribution in [3.63, 3.8) is 0 Å². The molecule has 42 heavy (non-hydrogen) atoms. The van der Waals surface area contributed by atoms with E-state index in [1.54, 1.807) is 0 Å². The first kappa shape index (κ1) is 31.0. The number of benzene rings is 1. The van der Waals surface area contributed by atoms with E-state index in [-0.39, 0.29) is 34.7 Å². The molecular formula is C37H53NO4. The van der Waals surface area contributed by atoms with Crippen LogP contribution in [0.2, 0.25) is 0 Å². The van der Waals surface area contributed by atoms with Crippen LogP contribution in [0.25, 0.3) is 0 Å². The summed E-state index contributed by atoms with van der Waals surface area (Å²) in [5.74, 6) is 3.12. The maximum atomic E-state index is 13.7. The van der Waals surface area contributed by atoms with Crippen LogP contribution in [0.3, 0.4) is 0 Å². The summed E-state index contributed by atoms with van der Waals surface area (Å²) in [6, 6.07) is 9.90. The van der Waals surface area contributed by atoms with Crippen molar-refractivity contribution in [3.8, 4) is 0 Å². The Hall–Kier alpha value is -2.43. The number of ether oxygens (including phenoxy) is 1. The summed E-state index contributed by atoms with van der Waals surface area (Å²) in [5.41, 5.74) is 2.83. The van der Waals surface area contributed by atoms with E-state index in [2.05, 4.69) is 39.1 Å². The van der Waals surface area contributed by atoms with Crippen molar-refractivity contribution >= 4 is 17.7 Å². The van der Waals surface area contributed by atoms with Gasteiger partial charge in [0, 0.05) is 32.2 Å². The van der Waals surface area contributed by atoms with E-state index in [1.165, 1.54) is 18.9 Å². The molecule has 5 nitrogen and oxygen atoms in total. The number of Topliss-reactive ketones (excluding diaryl/α,β-unsaturated/α-hetero) is 1. The van der Waals surface area contributed by atoms with Gasteiger partial charge in [0.15, 0.2) is 0 Å². The Morgan fingerprint density at radius 3 is 2.52 bits per heavy atom. The molecule has 3 fully saturated rings. The van der Waals surface area contributed by atoms with Gasteiger partial charge in [-0.2, -0.15) is 0 Å². The second-order valence-electron chi connectivity index (χ2n) is 14.9. The molecular weight excluding hydrogens is 522 g/mol. The molecule has 9 atom stereocenters. The minimum Gasteiger partial charge on any atom is -0.462 e. The van der Waals surface area contributed by atoms with Crippen LogP contribution in [-0.2, 0) is 25.5 Å². The maximum absolute atomic E-state index is 13.7. The normalized spacial score (nSPS) is 35.2. The Balaban J connectivity index is 1.14. The molecule has 0 spiro atoms. The van der Waals surface area contributed by atoms with Crippen LogP contribution >= 0.6 is 0 Å². The molecule has 5 rings (SSSR count). The summed E-state index contributed by atoms with van der Waals surface area (Å²) < 4.78 is 5.61. The van der Waals surface area contributed by atoms with Gasteiger partial charge in [-0.05, 0) is 90.9 Å². The van der Waals surface area contributed by atoms with Gasteiger partial charge in [-0.25, -0.2) is 0 Å². The fourth-order valence-electron chi connectivity index (χ4n) is 9.95. The molecule has 0 bridgehead atoms. The molecule has 0 aromatic heterocycles. The van der Waals surface area contributed by atoms with Crippen LogP contribution in [0.1, 0.15) is 104 Å². The molecule has 9 unspecified atom stereocenters. The Morgan fingerprint density at radius 1 is 1.02 bits per heavy atom. The number of esters is 1. The van der Waals surface area contributed by atoms with E-state index in [9.17, 15) is 14.4 Å². The van der Waals surface area contributed by atoms with Crippen LogP contribution < -0.4 is 5.32 Å². The number of allylic oxidation sites excluding steroid dienone is 1. The number of hydrogen-bond donors (Lipinski definition) is 1. The highest BCUT2D eigenvalue weighted by molar-refractivity contribution is 5.85. The summed E-state index contributed by atoms with van der Waals surface area (Å²) >= 11 is 0. The van der Waals surface area contributed by atoms with E-state index < -0.39 is 0 Å². The van der Waals surface area contributed by atoms with Gasteiger partial charge in [0.2, 0.25) is 5.91 Å². The number of ketones is 1. The zero-order valence-corrected chi connectivity index (χ0v) is 26.6. The third kappa shape index (κ3) is 6.26. The third-order valence-electron chi connectivity index (χ3n) is 12.1. The van der Waals surface area contributed by atoms with Crippen molar-refractivity contribution in [2.24, 2.45) is 46.3 Å². The highest BCUT2D eigenvalue weighted by Gasteiger charge is 2.61. The first-order valence-electron chi connectivity index (χ1n) is 16.7. The van der Waals surface area contributed by atoms with Gasteiger partial charge >= 0.3 is 5.97 Å². The number of fused-ring (bicyclic) bond motifs is 5. The first-order valence-corrected chi connectivity index (χ1v) is 16.7. The topological polar surface area (TPSA) is 72.5 Å². The highest BCUT2D eigenvalue weighted by Crippen LogP contribution is 2.66. The second-order valence-corrected chi connectivity index (χ2v) is 14.9. The van der Waals surface area contributed by atoms with Crippen molar-refractivity contribution in [3.05, 3.63) is 47.5 Å². The van der Waals surface area contributed by atoms with E-state index in [1.807, 2.05) is 30.3 Å². The molecule has 1 N–H and O–H groups in total. The number of nitrogens with one attached hydrogen (secondary N) is 1. The standard InChI is InChI=1S/C37H53NO4/c1-24(23-38-34(41)20-27-12-7-6-8-13-27)10-9-11-25(2)35-33(40)22-32-30-15-14-28-21-29(42-26(3)39)16-18-36(28,4)31(30)17-19-37(32,35)5/h6-8,12-14,24-25,29-32,35H,9-11,15-23H2,1-5H3,(H,38,41). The lowest BCUT2D eigenvalue weighted by Crippen LogP contribution is -2.51. The van der Waals surface area contributed by atoms with Gasteiger partial charge in [-0.3, -0.25) is 14.4 Å². The predicted molar refractivity (Wildman–Crippen MR) is 166 cm³/mol. The largest absolute Gasteiger partial charge is 0.462 e. The molecule has 230 valence electrons.